The summed E-state index contributed by atoms with van der Waals surface area (Å²) in [6.45, 7) is 3.96. The van der Waals surface area contributed by atoms with E-state index in [0.717, 1.165) is 4.90 Å². The number of carbonyl (C=O) groups is 3. The molecular weight excluding hydrogens is 198 g/mol. The second-order valence-corrected chi connectivity index (χ2v) is 4.36. The highest BCUT2D eigenvalue weighted by Crippen LogP contribution is 2.14. The van der Waals surface area contributed by atoms with E-state index in [9.17, 15) is 14.4 Å². The number of amides is 4. The lowest BCUT2D eigenvalue weighted by atomic mass is 10.0. The number of urea groups is 1. The number of rotatable bonds is 3. The fraction of sp³-hybridized carbons (Fsp3) is 0.667. The van der Waals surface area contributed by atoms with Crippen LogP contribution in [0.15, 0.2) is 0 Å². The van der Waals surface area contributed by atoms with Crippen LogP contribution in [0.5, 0.6) is 0 Å². The first-order chi connectivity index (χ1) is 6.75. The summed E-state index contributed by atoms with van der Waals surface area (Å²) in [5, 5.41) is 1.96. The highest BCUT2D eigenvalue weighted by atomic mass is 16.2. The van der Waals surface area contributed by atoms with Gasteiger partial charge in [0, 0.05) is 12.1 Å². The Balaban J connectivity index is 2.79. The zero-order valence-electron chi connectivity index (χ0n) is 9.33. The molecule has 0 aromatic carbocycles. The van der Waals surface area contributed by atoms with E-state index in [4.69, 9.17) is 0 Å². The van der Waals surface area contributed by atoms with Crippen LogP contribution in [0.25, 0.3) is 0 Å². The number of likely N-dealkylation sites (N-methyl/N-ethyl adjacent to an activating group) is 1. The maximum Gasteiger partial charge on any atom is 0.331 e. The number of imide groups is 2. The third-order valence-corrected chi connectivity index (χ3v) is 2.66. The normalized spacial score (nSPS) is 17.7. The predicted molar refractivity (Wildman–Crippen MR) is 53.0 cm³/mol. The van der Waals surface area contributed by atoms with E-state index < -0.39 is 17.8 Å². The minimum Gasteiger partial charge on any atom is -0.302 e. The molecule has 6 heteroatoms. The van der Waals surface area contributed by atoms with Crippen LogP contribution in [-0.4, -0.2) is 53.8 Å². The van der Waals surface area contributed by atoms with Gasteiger partial charge in [-0.05, 0) is 27.9 Å². The Kier molecular flexibility index (Phi) is 2.81. The van der Waals surface area contributed by atoms with Gasteiger partial charge in [0.05, 0.1) is 0 Å². The van der Waals surface area contributed by atoms with Crippen molar-refractivity contribution >= 4 is 17.8 Å². The Bertz CT molecular complexity index is 323. The van der Waals surface area contributed by atoms with Crippen molar-refractivity contribution in [1.82, 2.24) is 15.1 Å². The van der Waals surface area contributed by atoms with E-state index in [0.29, 0.717) is 0 Å². The van der Waals surface area contributed by atoms with Gasteiger partial charge < -0.3 is 4.90 Å². The van der Waals surface area contributed by atoms with Crippen LogP contribution >= 0.6 is 0 Å². The van der Waals surface area contributed by atoms with Gasteiger partial charge >= 0.3 is 17.8 Å². The molecule has 0 aromatic rings. The van der Waals surface area contributed by atoms with E-state index in [1.807, 2.05) is 38.2 Å². The molecule has 1 N–H and O–H groups in total. The fourth-order valence-electron chi connectivity index (χ4n) is 1.10. The molecule has 1 aliphatic rings. The Morgan fingerprint density at radius 2 is 1.80 bits per heavy atom. The first-order valence-corrected chi connectivity index (χ1v) is 4.60. The monoisotopic (exact) mass is 213 g/mol. The zero-order valence-corrected chi connectivity index (χ0v) is 9.33. The maximum absolute atomic E-state index is 11.3. The van der Waals surface area contributed by atoms with Crippen LogP contribution in [0.3, 0.4) is 0 Å². The molecule has 1 fully saturated rings. The van der Waals surface area contributed by atoms with Gasteiger partial charge in [-0.1, -0.05) is 0 Å². The molecule has 1 aliphatic heterocycles. The van der Waals surface area contributed by atoms with Crippen molar-refractivity contribution in [1.29, 1.82) is 0 Å². The fourth-order valence-corrected chi connectivity index (χ4v) is 1.10. The van der Waals surface area contributed by atoms with Gasteiger partial charge in [-0.15, -0.1) is 0 Å². The molecule has 0 aromatic heterocycles. The number of hydrogen-bond acceptors (Lipinski definition) is 4. The molecule has 4 amide bonds. The third kappa shape index (κ3) is 2.15. The van der Waals surface area contributed by atoms with Crippen molar-refractivity contribution in [2.24, 2.45) is 0 Å². The molecule has 15 heavy (non-hydrogen) atoms. The second kappa shape index (κ2) is 3.62. The Morgan fingerprint density at radius 3 is 2.13 bits per heavy atom. The number of nitrogens with one attached hydrogen (secondary N) is 1. The van der Waals surface area contributed by atoms with Crippen molar-refractivity contribution in [2.75, 3.05) is 20.6 Å². The van der Waals surface area contributed by atoms with Crippen molar-refractivity contribution in [2.45, 2.75) is 19.4 Å². The van der Waals surface area contributed by atoms with Gasteiger partial charge in [-0.25, -0.2) is 4.79 Å². The van der Waals surface area contributed by atoms with E-state index in [1.165, 1.54) is 0 Å². The van der Waals surface area contributed by atoms with Crippen molar-refractivity contribution in [3.8, 4) is 0 Å². The summed E-state index contributed by atoms with van der Waals surface area (Å²) in [6.07, 6.45) is 0. The third-order valence-electron chi connectivity index (χ3n) is 2.66. The molecule has 0 unspecified atom stereocenters. The predicted octanol–water partition coefficient (Wildman–Crippen LogP) is -0.595. The van der Waals surface area contributed by atoms with Crippen LogP contribution in [0.4, 0.5) is 4.79 Å². The number of carbonyl (C=O) groups excluding carboxylic acids is 3. The largest absolute Gasteiger partial charge is 0.331 e. The molecule has 0 spiro atoms. The van der Waals surface area contributed by atoms with Crippen LogP contribution in [-0.2, 0) is 9.59 Å². The minimum absolute atomic E-state index is 0.191. The summed E-state index contributed by atoms with van der Waals surface area (Å²) in [5.41, 5.74) is -0.363. The average molecular weight is 213 g/mol. The maximum atomic E-state index is 11.3. The van der Waals surface area contributed by atoms with Gasteiger partial charge in [-0.2, -0.15) is 0 Å². The minimum atomic E-state index is -0.852. The van der Waals surface area contributed by atoms with Crippen LogP contribution in [0.2, 0.25) is 0 Å². The molecule has 0 radical (unpaired) electrons. The van der Waals surface area contributed by atoms with Crippen molar-refractivity contribution < 1.29 is 14.4 Å². The number of hydrogen-bond donors (Lipinski definition) is 1. The molecule has 84 valence electrons. The van der Waals surface area contributed by atoms with Gasteiger partial charge in [0.25, 0.3) is 0 Å². The first-order valence-electron chi connectivity index (χ1n) is 4.60. The molecule has 1 saturated heterocycles. The topological polar surface area (TPSA) is 69.7 Å². The van der Waals surface area contributed by atoms with Gasteiger partial charge in [0.1, 0.15) is 0 Å². The average Bonchev–Trinajstić information content (AvgIpc) is 2.32. The van der Waals surface area contributed by atoms with E-state index in [-0.39, 0.29) is 12.1 Å². The van der Waals surface area contributed by atoms with Crippen molar-refractivity contribution in [3.63, 3.8) is 0 Å². The van der Waals surface area contributed by atoms with E-state index in [1.54, 1.807) is 0 Å². The van der Waals surface area contributed by atoms with Crippen LogP contribution in [0, 0.1) is 0 Å². The Morgan fingerprint density at radius 1 is 1.27 bits per heavy atom. The summed E-state index contributed by atoms with van der Waals surface area (Å²) >= 11 is 0. The molecule has 6 nitrogen and oxygen atoms in total. The van der Waals surface area contributed by atoms with Gasteiger partial charge in [-0.3, -0.25) is 19.8 Å². The second-order valence-electron chi connectivity index (χ2n) is 4.36. The molecule has 0 aliphatic carbocycles. The SMILES string of the molecule is CN(C)C(C)(C)CN1C(=O)NC(=O)C1=O. The summed E-state index contributed by atoms with van der Waals surface area (Å²) in [5.74, 6) is -1.63. The Hall–Kier alpha value is -1.43. The van der Waals surface area contributed by atoms with E-state index in [2.05, 4.69) is 0 Å². The Labute approximate surface area is 88.2 Å². The standard InChI is InChI=1S/C9H15N3O3/c1-9(2,11(3)4)5-12-7(14)6(13)10-8(12)15/h5H2,1-4H3,(H,10,13,15). The molecular formula is C9H15N3O3. The highest BCUT2D eigenvalue weighted by Gasteiger charge is 2.40. The van der Waals surface area contributed by atoms with Gasteiger partial charge in [0.2, 0.25) is 0 Å². The molecule has 0 saturated carbocycles. The smallest absolute Gasteiger partial charge is 0.302 e. The molecule has 1 heterocycles. The van der Waals surface area contributed by atoms with Crippen LogP contribution in [0.1, 0.15) is 13.8 Å². The zero-order chi connectivity index (χ0) is 11.8. The molecule has 0 bridgehead atoms. The summed E-state index contributed by atoms with van der Waals surface area (Å²) in [4.78, 5) is 36.3. The first kappa shape index (κ1) is 11.6. The number of nitrogens with zero attached hydrogens (tertiary/aromatic N) is 2. The summed E-state index contributed by atoms with van der Waals surface area (Å²) in [6, 6.07) is -0.639. The summed E-state index contributed by atoms with van der Waals surface area (Å²) in [7, 11) is 3.69. The van der Waals surface area contributed by atoms with Gasteiger partial charge in [0.15, 0.2) is 0 Å². The lowest BCUT2D eigenvalue weighted by Crippen LogP contribution is -2.50. The quantitative estimate of drug-likeness (QED) is 0.502. The van der Waals surface area contributed by atoms with Crippen molar-refractivity contribution in [3.05, 3.63) is 0 Å². The summed E-state index contributed by atoms with van der Waals surface area (Å²) < 4.78 is 0. The van der Waals surface area contributed by atoms with Crippen LogP contribution < -0.4 is 5.32 Å². The van der Waals surface area contributed by atoms with E-state index >= 15 is 0 Å². The lowest BCUT2D eigenvalue weighted by molar-refractivity contribution is -0.140. The molecule has 0 atom stereocenters. The molecule has 1 rings (SSSR count). The lowest BCUT2D eigenvalue weighted by Gasteiger charge is -2.34. The highest BCUT2D eigenvalue weighted by molar-refractivity contribution is 6.44.